The van der Waals surface area contributed by atoms with Gasteiger partial charge in [-0.25, -0.2) is 9.13 Å². The van der Waals surface area contributed by atoms with Crippen molar-refractivity contribution in [1.82, 2.24) is 0 Å². The highest BCUT2D eigenvalue weighted by Crippen LogP contribution is 2.45. The average Bonchev–Trinajstić information content (AvgIpc) is 0.899. The molecular weight excluding hydrogens is 1410 g/mol. The Hall–Kier alpha value is -1.94. The topological polar surface area (TPSA) is 237 Å². The molecule has 0 rings (SSSR count). The van der Waals surface area contributed by atoms with Gasteiger partial charge in [-0.1, -0.05) is 439 Å². The number of phosphoric acid groups is 2. The SMILES string of the molecule is CCCCCCCCCCCCCCCCCCCCCCCC(=O)OC[C@H](COP(=O)(O)OC[C@@H](O)COP(=O)(O)OC[C@@H](COC(=O)CCCCCCCCCCCCCCC)OC(=O)CCCCCCCCCCCCCC(C)C)OC(=O)CCCCCCCCCCCCCCCCCCCCCCC. The van der Waals surface area contributed by atoms with Gasteiger partial charge in [0.2, 0.25) is 0 Å². The van der Waals surface area contributed by atoms with Crippen molar-refractivity contribution in [2.24, 2.45) is 5.92 Å². The molecule has 0 aliphatic carbocycles. The highest BCUT2D eigenvalue weighted by molar-refractivity contribution is 7.47. The number of hydrogen-bond acceptors (Lipinski definition) is 15. The molecule has 0 fully saturated rings. The predicted molar refractivity (Wildman–Crippen MR) is 451 cm³/mol. The van der Waals surface area contributed by atoms with Gasteiger partial charge in [0, 0.05) is 25.7 Å². The van der Waals surface area contributed by atoms with Crippen LogP contribution in [-0.4, -0.2) is 96.7 Å². The Labute approximate surface area is 670 Å². The van der Waals surface area contributed by atoms with Crippen molar-refractivity contribution in [1.29, 1.82) is 0 Å². The van der Waals surface area contributed by atoms with E-state index in [0.29, 0.717) is 25.7 Å². The molecule has 2 unspecified atom stereocenters. The molecular formula is C90H176O17P2. The fraction of sp³-hybridized carbons (Fsp3) is 0.956. The van der Waals surface area contributed by atoms with Gasteiger partial charge in [0.25, 0.3) is 0 Å². The molecule has 0 amide bonds. The number of aliphatic hydroxyl groups excluding tert-OH is 1. The van der Waals surface area contributed by atoms with Crippen molar-refractivity contribution in [3.05, 3.63) is 0 Å². The quantitative estimate of drug-likeness (QED) is 0.0222. The Kier molecular flexibility index (Phi) is 81.1. The van der Waals surface area contributed by atoms with Crippen LogP contribution in [0.5, 0.6) is 0 Å². The van der Waals surface area contributed by atoms with E-state index in [0.717, 1.165) is 95.8 Å². The zero-order chi connectivity index (χ0) is 79.7. The number of esters is 4. The summed E-state index contributed by atoms with van der Waals surface area (Å²) in [5, 5.41) is 10.7. The van der Waals surface area contributed by atoms with Gasteiger partial charge in [-0.15, -0.1) is 0 Å². The summed E-state index contributed by atoms with van der Waals surface area (Å²) in [6, 6.07) is 0. The van der Waals surface area contributed by atoms with Crippen molar-refractivity contribution in [2.75, 3.05) is 39.6 Å². The maximum atomic E-state index is 13.2. The highest BCUT2D eigenvalue weighted by atomic mass is 31.2. The monoisotopic (exact) mass is 1590 g/mol. The molecule has 0 saturated heterocycles. The lowest BCUT2D eigenvalue weighted by Crippen LogP contribution is -2.30. The molecule has 5 atom stereocenters. The van der Waals surface area contributed by atoms with Crippen LogP contribution in [0, 0.1) is 5.92 Å². The molecule has 19 heteroatoms. The summed E-state index contributed by atoms with van der Waals surface area (Å²) in [6.07, 6.45) is 77.9. The zero-order valence-electron chi connectivity index (χ0n) is 71.7. The Morgan fingerprint density at radius 3 is 0.624 bits per heavy atom. The van der Waals surface area contributed by atoms with Crippen LogP contribution in [0.1, 0.15) is 490 Å². The largest absolute Gasteiger partial charge is 0.472 e. The van der Waals surface area contributed by atoms with Crippen LogP contribution >= 0.6 is 15.6 Å². The van der Waals surface area contributed by atoms with Gasteiger partial charge in [0.15, 0.2) is 12.2 Å². The Morgan fingerprint density at radius 1 is 0.248 bits per heavy atom. The zero-order valence-corrected chi connectivity index (χ0v) is 73.5. The second-order valence-electron chi connectivity index (χ2n) is 32.8. The lowest BCUT2D eigenvalue weighted by atomic mass is 10.0. The number of carbonyl (C=O) groups excluding carboxylic acids is 4. The summed E-state index contributed by atoms with van der Waals surface area (Å²) in [6.45, 7) is 7.39. The first-order valence-electron chi connectivity index (χ1n) is 46.6. The van der Waals surface area contributed by atoms with E-state index in [4.69, 9.17) is 37.0 Å². The molecule has 109 heavy (non-hydrogen) atoms. The van der Waals surface area contributed by atoms with Crippen LogP contribution in [0.4, 0.5) is 0 Å². The van der Waals surface area contributed by atoms with Gasteiger partial charge >= 0.3 is 39.5 Å². The summed E-state index contributed by atoms with van der Waals surface area (Å²) in [5.41, 5.74) is 0. The first-order valence-corrected chi connectivity index (χ1v) is 49.6. The summed E-state index contributed by atoms with van der Waals surface area (Å²) >= 11 is 0. The van der Waals surface area contributed by atoms with E-state index in [1.165, 1.54) is 315 Å². The van der Waals surface area contributed by atoms with Gasteiger partial charge < -0.3 is 33.8 Å². The molecule has 0 aromatic carbocycles. The second-order valence-corrected chi connectivity index (χ2v) is 35.7. The van der Waals surface area contributed by atoms with Crippen molar-refractivity contribution in [2.45, 2.75) is 509 Å². The minimum atomic E-state index is -4.97. The number of aliphatic hydroxyl groups is 1. The molecule has 0 aliphatic heterocycles. The number of ether oxygens (including phenoxy) is 4. The lowest BCUT2D eigenvalue weighted by molar-refractivity contribution is -0.161. The van der Waals surface area contributed by atoms with Gasteiger partial charge in [0.1, 0.15) is 19.3 Å². The van der Waals surface area contributed by atoms with Crippen molar-refractivity contribution < 1.29 is 80.2 Å². The first kappa shape index (κ1) is 107. The minimum absolute atomic E-state index is 0.107. The highest BCUT2D eigenvalue weighted by Gasteiger charge is 2.31. The Balaban J connectivity index is 5.24. The summed E-state index contributed by atoms with van der Waals surface area (Å²) < 4.78 is 69.0. The van der Waals surface area contributed by atoms with E-state index in [1.807, 2.05) is 0 Å². The fourth-order valence-electron chi connectivity index (χ4n) is 14.2. The molecule has 0 spiro atoms. The molecule has 17 nitrogen and oxygen atoms in total. The molecule has 0 bridgehead atoms. The first-order chi connectivity index (χ1) is 53.0. The van der Waals surface area contributed by atoms with Gasteiger partial charge in [0.05, 0.1) is 26.4 Å². The van der Waals surface area contributed by atoms with Gasteiger partial charge in [-0.05, 0) is 31.6 Å². The maximum Gasteiger partial charge on any atom is 0.472 e. The van der Waals surface area contributed by atoms with E-state index >= 15 is 0 Å². The minimum Gasteiger partial charge on any atom is -0.462 e. The summed E-state index contributed by atoms with van der Waals surface area (Å²) in [7, 11) is -9.93. The normalized spacial score (nSPS) is 13.7. The van der Waals surface area contributed by atoms with Crippen molar-refractivity contribution >= 4 is 39.5 Å². The molecule has 0 radical (unpaired) electrons. The number of hydrogen-bond donors (Lipinski definition) is 3. The number of rotatable bonds is 90. The fourth-order valence-corrected chi connectivity index (χ4v) is 15.8. The number of carbonyl (C=O) groups is 4. The number of phosphoric ester groups is 2. The third kappa shape index (κ3) is 83.8. The van der Waals surface area contributed by atoms with Gasteiger partial charge in [-0.2, -0.15) is 0 Å². The van der Waals surface area contributed by atoms with Crippen LogP contribution in [-0.2, 0) is 65.4 Å². The second kappa shape index (κ2) is 82.6. The maximum absolute atomic E-state index is 13.2. The molecule has 0 aromatic heterocycles. The molecule has 0 aliphatic rings. The smallest absolute Gasteiger partial charge is 0.462 e. The van der Waals surface area contributed by atoms with Crippen LogP contribution in [0.3, 0.4) is 0 Å². The van der Waals surface area contributed by atoms with E-state index in [-0.39, 0.29) is 25.7 Å². The third-order valence-electron chi connectivity index (χ3n) is 21.3. The summed E-state index contributed by atoms with van der Waals surface area (Å²) in [5.74, 6) is -1.33. The van der Waals surface area contributed by atoms with E-state index in [1.54, 1.807) is 0 Å². The van der Waals surface area contributed by atoms with Crippen LogP contribution in [0.25, 0.3) is 0 Å². The molecule has 0 heterocycles. The molecule has 3 N–H and O–H groups in total. The van der Waals surface area contributed by atoms with Gasteiger partial charge in [-0.3, -0.25) is 37.3 Å². The van der Waals surface area contributed by atoms with E-state index < -0.39 is 97.5 Å². The summed E-state index contributed by atoms with van der Waals surface area (Å²) in [4.78, 5) is 73.4. The lowest BCUT2D eigenvalue weighted by Gasteiger charge is -2.21. The van der Waals surface area contributed by atoms with Crippen LogP contribution in [0.2, 0.25) is 0 Å². The van der Waals surface area contributed by atoms with Crippen molar-refractivity contribution in [3.63, 3.8) is 0 Å². The molecule has 0 aromatic rings. The Morgan fingerprint density at radius 2 is 0.422 bits per heavy atom. The standard InChI is InChI=1S/C90H176O17P2/c1-6-9-12-15-18-21-24-27-29-31-33-35-37-39-41-44-49-54-59-64-69-74-88(93)101-79-85(106-89(94)75-70-65-60-55-50-45-42-40-38-36-34-32-30-28-25-22-19-16-13-10-7-2)81-104-108(96,97)102-77-84(91)78-103-109(98,99)105-82-86(80-100-87(92)73-68-63-58-53-48-43-26-23-20-17-14-11-8-3)107-90(95)76-71-66-61-56-51-46-47-52-57-62-67-72-83(4)5/h83-86,91H,6-82H2,1-5H3,(H,96,97)(H,98,99)/t84-,85-,86-/m1/s1. The van der Waals surface area contributed by atoms with Crippen molar-refractivity contribution in [3.8, 4) is 0 Å². The van der Waals surface area contributed by atoms with Crippen LogP contribution < -0.4 is 0 Å². The predicted octanol–water partition coefficient (Wildman–Crippen LogP) is 27.9. The van der Waals surface area contributed by atoms with E-state index in [9.17, 15) is 43.2 Å². The number of unbranched alkanes of at least 4 members (excludes halogenated alkanes) is 62. The molecule has 0 saturated carbocycles. The molecule has 648 valence electrons. The van der Waals surface area contributed by atoms with E-state index in [2.05, 4.69) is 34.6 Å². The van der Waals surface area contributed by atoms with Crippen LogP contribution in [0.15, 0.2) is 0 Å². The Bertz CT molecular complexity index is 2070. The average molecular weight is 1590 g/mol. The third-order valence-corrected chi connectivity index (χ3v) is 23.2.